The van der Waals surface area contributed by atoms with E-state index in [1.165, 1.54) is 44.5 Å². The van der Waals surface area contributed by atoms with E-state index in [2.05, 4.69) is 15.9 Å². The lowest BCUT2D eigenvalue weighted by molar-refractivity contribution is -0.132. The third kappa shape index (κ3) is 3.49. The fourth-order valence-electron chi connectivity index (χ4n) is 5.22. The zero-order chi connectivity index (χ0) is 27.6. The number of ketones is 1. The molecule has 194 valence electrons. The number of fused-ring (bicyclic) bond motifs is 3. The molecule has 0 fully saturated rings. The number of methoxy groups -OCH3 is 1. The zero-order valence-corrected chi connectivity index (χ0v) is 22.7. The summed E-state index contributed by atoms with van der Waals surface area (Å²) in [6.07, 6.45) is 0. The van der Waals surface area contributed by atoms with Gasteiger partial charge >= 0.3 is 11.7 Å². The van der Waals surface area contributed by atoms with Crippen molar-refractivity contribution in [2.24, 2.45) is 14.1 Å². The molecule has 0 spiro atoms. The van der Waals surface area contributed by atoms with E-state index in [4.69, 9.17) is 9.47 Å². The van der Waals surface area contributed by atoms with Crippen molar-refractivity contribution < 1.29 is 23.9 Å². The highest BCUT2D eigenvalue weighted by atomic mass is 79.9. The number of allylic oxidation sites excluding steroid dienone is 1. The molecule has 1 atom stereocenters. The Hall–Kier alpha value is -4.25. The Morgan fingerprint density at radius 3 is 2.24 bits per heavy atom. The average molecular weight is 580 g/mol. The maximum absolute atomic E-state index is 13.9. The fraction of sp³-hybridized carbons (Fsp3) is 0.222. The van der Waals surface area contributed by atoms with Crippen LogP contribution in [0.1, 0.15) is 46.8 Å². The number of esters is 1. The highest BCUT2D eigenvalue weighted by molar-refractivity contribution is 9.10. The van der Waals surface area contributed by atoms with Crippen molar-refractivity contribution in [1.29, 1.82) is 0 Å². The van der Waals surface area contributed by atoms with Crippen molar-refractivity contribution in [3.63, 3.8) is 0 Å². The van der Waals surface area contributed by atoms with E-state index in [-0.39, 0.29) is 34.2 Å². The minimum absolute atomic E-state index is 0.0815. The molecule has 1 aliphatic carbocycles. The smallest absolute Gasteiger partial charge is 0.332 e. The lowest BCUT2D eigenvalue weighted by Crippen LogP contribution is -2.47. The minimum atomic E-state index is -0.974. The molecule has 10 nitrogen and oxygen atoms in total. The van der Waals surface area contributed by atoms with Gasteiger partial charge < -0.3 is 9.47 Å². The third-order valence-corrected chi connectivity index (χ3v) is 7.34. The number of benzene rings is 2. The highest BCUT2D eigenvalue weighted by Crippen LogP contribution is 2.52. The molecule has 0 radical (unpaired) electrons. The topological polar surface area (TPSA) is 117 Å². The Labute approximate surface area is 224 Å². The first kappa shape index (κ1) is 25.4. The molecule has 0 unspecified atom stereocenters. The Bertz CT molecular complexity index is 1750. The van der Waals surface area contributed by atoms with Gasteiger partial charge in [-0.3, -0.25) is 33.2 Å². The summed E-state index contributed by atoms with van der Waals surface area (Å²) in [5.74, 6) is -1.94. The van der Waals surface area contributed by atoms with Gasteiger partial charge in [0.2, 0.25) is 5.91 Å². The first-order valence-electron chi connectivity index (χ1n) is 11.5. The van der Waals surface area contributed by atoms with Gasteiger partial charge in [0.1, 0.15) is 5.82 Å². The second-order valence-corrected chi connectivity index (χ2v) is 9.85. The number of aromatic nitrogens is 2. The molecule has 1 amide bonds. The largest absolute Gasteiger partial charge is 0.493 e. The van der Waals surface area contributed by atoms with Crippen LogP contribution in [-0.2, 0) is 23.7 Å². The normalized spacial score (nSPS) is 15.7. The van der Waals surface area contributed by atoms with Crippen LogP contribution in [0.25, 0.3) is 5.70 Å². The molecule has 11 heteroatoms. The molecular formula is C27H22BrN3O7. The second kappa shape index (κ2) is 8.95. The van der Waals surface area contributed by atoms with Gasteiger partial charge in [0.25, 0.3) is 5.56 Å². The predicted octanol–water partition coefficient (Wildman–Crippen LogP) is 2.89. The van der Waals surface area contributed by atoms with Crippen LogP contribution in [-0.4, -0.2) is 33.9 Å². The van der Waals surface area contributed by atoms with Gasteiger partial charge in [0.05, 0.1) is 22.8 Å². The van der Waals surface area contributed by atoms with Gasteiger partial charge in [-0.15, -0.1) is 0 Å². The number of carbonyl (C=O) groups excluding carboxylic acids is 3. The molecule has 38 heavy (non-hydrogen) atoms. The standard InChI is InChI=1S/C27H22BrN3O7/c1-12(32)31-22-15-8-6-7-9-16(15)23(34)20(22)19(21-25(31)29(3)27(36)30(4)26(21)35)14-10-17(28)24(38-13(2)33)18(11-14)37-5/h6-11,19H,1-5H3/t19-/m1/s1. The Morgan fingerprint density at radius 2 is 1.63 bits per heavy atom. The van der Waals surface area contributed by atoms with Crippen LogP contribution in [0.3, 0.4) is 0 Å². The molecular weight excluding hydrogens is 558 g/mol. The number of amides is 1. The molecule has 3 aromatic rings. The molecule has 5 rings (SSSR count). The van der Waals surface area contributed by atoms with Gasteiger partial charge in [-0.1, -0.05) is 24.3 Å². The SMILES string of the molecule is COc1cc([C@@H]2C3=C(c4ccccc4C3=O)N(C(C)=O)c3c2c(=O)n(C)c(=O)n3C)cc(Br)c1OC(C)=O. The summed E-state index contributed by atoms with van der Waals surface area (Å²) >= 11 is 3.42. The number of hydrogen-bond donors (Lipinski definition) is 0. The maximum atomic E-state index is 13.9. The molecule has 2 aromatic carbocycles. The lowest BCUT2D eigenvalue weighted by Gasteiger charge is -2.36. The van der Waals surface area contributed by atoms with Crippen LogP contribution < -0.4 is 25.6 Å². The average Bonchev–Trinajstić information content (AvgIpc) is 3.17. The van der Waals surface area contributed by atoms with Crippen molar-refractivity contribution in [3.05, 3.63) is 89.5 Å². The quantitative estimate of drug-likeness (QED) is 0.346. The number of nitrogens with zero attached hydrogens (tertiary/aromatic N) is 3. The van der Waals surface area contributed by atoms with Gasteiger partial charge in [-0.2, -0.15) is 0 Å². The van der Waals surface area contributed by atoms with E-state index >= 15 is 0 Å². The van der Waals surface area contributed by atoms with E-state index in [1.54, 1.807) is 36.4 Å². The second-order valence-electron chi connectivity index (χ2n) is 9.00. The molecule has 0 saturated carbocycles. The van der Waals surface area contributed by atoms with E-state index in [9.17, 15) is 24.0 Å². The summed E-state index contributed by atoms with van der Waals surface area (Å²) in [6.45, 7) is 2.57. The zero-order valence-electron chi connectivity index (χ0n) is 21.1. The Morgan fingerprint density at radius 1 is 0.974 bits per heavy atom. The van der Waals surface area contributed by atoms with Crippen LogP contribution in [0.15, 0.2) is 56.0 Å². The van der Waals surface area contributed by atoms with Crippen LogP contribution in [0.4, 0.5) is 5.82 Å². The van der Waals surface area contributed by atoms with Gasteiger partial charge in [0, 0.05) is 50.6 Å². The van der Waals surface area contributed by atoms with E-state index in [1.807, 2.05) is 0 Å². The molecule has 1 aliphatic heterocycles. The number of Topliss-reactive ketones (excluding diaryl/α,β-unsaturated/α-hetero) is 1. The number of carbonyl (C=O) groups is 3. The number of halogens is 1. The summed E-state index contributed by atoms with van der Waals surface area (Å²) in [7, 11) is 4.21. The maximum Gasteiger partial charge on any atom is 0.332 e. The van der Waals surface area contributed by atoms with E-state index < -0.39 is 29.0 Å². The van der Waals surface area contributed by atoms with Crippen molar-refractivity contribution in [2.75, 3.05) is 12.0 Å². The van der Waals surface area contributed by atoms with Crippen molar-refractivity contribution in [2.45, 2.75) is 19.8 Å². The number of rotatable bonds is 3. The van der Waals surface area contributed by atoms with Crippen molar-refractivity contribution in [1.82, 2.24) is 9.13 Å². The fourth-order valence-corrected chi connectivity index (χ4v) is 5.76. The Kier molecular flexibility index (Phi) is 5.98. The van der Waals surface area contributed by atoms with Crippen LogP contribution in [0, 0.1) is 0 Å². The Balaban J connectivity index is 1.94. The van der Waals surface area contributed by atoms with Crippen LogP contribution in [0.5, 0.6) is 11.5 Å². The van der Waals surface area contributed by atoms with Crippen molar-refractivity contribution in [3.8, 4) is 11.5 Å². The molecule has 0 saturated heterocycles. The lowest BCUT2D eigenvalue weighted by atomic mass is 9.80. The summed E-state index contributed by atoms with van der Waals surface area (Å²) in [5, 5.41) is 0. The summed E-state index contributed by atoms with van der Waals surface area (Å²) < 4.78 is 13.3. The van der Waals surface area contributed by atoms with Gasteiger partial charge in [0.15, 0.2) is 17.3 Å². The molecule has 2 aliphatic rings. The number of hydrogen-bond acceptors (Lipinski definition) is 7. The number of anilines is 1. The summed E-state index contributed by atoms with van der Waals surface area (Å²) in [6, 6.07) is 10.1. The van der Waals surface area contributed by atoms with E-state index in [0.29, 0.717) is 26.9 Å². The number of ether oxygens (including phenoxy) is 2. The molecule has 2 heterocycles. The minimum Gasteiger partial charge on any atom is -0.493 e. The van der Waals surface area contributed by atoms with Gasteiger partial charge in [-0.05, 0) is 33.6 Å². The summed E-state index contributed by atoms with van der Waals surface area (Å²) in [5.41, 5.74) is 0.715. The van der Waals surface area contributed by atoms with Crippen molar-refractivity contribution >= 4 is 45.1 Å². The summed E-state index contributed by atoms with van der Waals surface area (Å²) in [4.78, 5) is 66.7. The van der Waals surface area contributed by atoms with Gasteiger partial charge in [-0.25, -0.2) is 4.79 Å². The predicted molar refractivity (Wildman–Crippen MR) is 142 cm³/mol. The highest BCUT2D eigenvalue weighted by Gasteiger charge is 2.47. The molecule has 1 aromatic heterocycles. The monoisotopic (exact) mass is 579 g/mol. The van der Waals surface area contributed by atoms with Crippen LogP contribution >= 0.6 is 15.9 Å². The van der Waals surface area contributed by atoms with Crippen LogP contribution in [0.2, 0.25) is 0 Å². The van der Waals surface area contributed by atoms with E-state index in [0.717, 1.165) is 4.57 Å². The molecule has 0 N–H and O–H groups in total. The first-order chi connectivity index (χ1) is 18.0. The molecule has 0 bridgehead atoms. The first-order valence-corrected chi connectivity index (χ1v) is 12.3. The third-order valence-electron chi connectivity index (χ3n) is 6.75.